The summed E-state index contributed by atoms with van der Waals surface area (Å²) in [4.78, 5) is 15.2. The van der Waals surface area contributed by atoms with Crippen LogP contribution in [0.2, 0.25) is 0 Å². The minimum Gasteiger partial charge on any atom is -0.392 e. The summed E-state index contributed by atoms with van der Waals surface area (Å²) in [6.45, 7) is 9.54. The third-order valence-electron chi connectivity index (χ3n) is 4.90. The van der Waals surface area contributed by atoms with Gasteiger partial charge in [-0.15, -0.1) is 0 Å². The highest BCUT2D eigenvalue weighted by Gasteiger charge is 2.50. The summed E-state index contributed by atoms with van der Waals surface area (Å²) in [7, 11) is 0. The number of hydrogen-bond donors (Lipinski definition) is 2. The number of likely N-dealkylation sites (tertiary alicyclic amines) is 1. The van der Waals surface area contributed by atoms with Crippen LogP contribution in [0.5, 0.6) is 0 Å². The van der Waals surface area contributed by atoms with E-state index in [9.17, 15) is 4.79 Å². The lowest BCUT2D eigenvalue weighted by atomic mass is 9.62. The molecule has 114 valence electrons. The van der Waals surface area contributed by atoms with E-state index in [2.05, 4.69) is 31.0 Å². The second-order valence-electron chi connectivity index (χ2n) is 6.91. The molecule has 0 aromatic rings. The normalized spacial score (nSPS) is 34.0. The minimum absolute atomic E-state index is 0.0473. The number of thiocarbonyl (C=S) groups is 1. The number of nitrogens with one attached hydrogen (secondary N) is 1. The molecular formula is C15H27N3OS. The fraction of sp³-hybridized carbons (Fsp3) is 0.867. The van der Waals surface area contributed by atoms with Gasteiger partial charge in [0.25, 0.3) is 0 Å². The van der Waals surface area contributed by atoms with E-state index < -0.39 is 5.41 Å². The van der Waals surface area contributed by atoms with Crippen molar-refractivity contribution in [2.24, 2.45) is 23.0 Å². The van der Waals surface area contributed by atoms with Gasteiger partial charge in [-0.2, -0.15) is 0 Å². The molecule has 0 radical (unpaired) electrons. The molecule has 3 N–H and O–H groups in total. The molecule has 2 rings (SSSR count). The molecular weight excluding hydrogens is 270 g/mol. The highest BCUT2D eigenvalue weighted by Crippen LogP contribution is 2.46. The predicted molar refractivity (Wildman–Crippen MR) is 85.4 cm³/mol. The second-order valence-corrected chi connectivity index (χ2v) is 7.35. The molecule has 0 spiro atoms. The quantitative estimate of drug-likeness (QED) is 0.756. The number of hydrogen-bond acceptors (Lipinski definition) is 3. The highest BCUT2D eigenvalue weighted by atomic mass is 32.1. The summed E-state index contributed by atoms with van der Waals surface area (Å²) in [5, 5.41) is 3.10. The maximum atomic E-state index is 12.4. The standard InChI is InChI=1S/C15H27N3OS/c1-10(2)18-5-4-12(9-18)8-17-14(19)15(13(16)20)6-11(3)7-15/h10-12H,4-9H2,1-3H3,(H2,16,20)(H,17,19). The van der Waals surface area contributed by atoms with Gasteiger partial charge in [-0.1, -0.05) is 19.1 Å². The molecule has 5 heteroatoms. The van der Waals surface area contributed by atoms with E-state index in [4.69, 9.17) is 18.0 Å². The van der Waals surface area contributed by atoms with Gasteiger partial charge < -0.3 is 16.0 Å². The van der Waals surface area contributed by atoms with Crippen molar-refractivity contribution >= 4 is 23.1 Å². The first-order valence-corrected chi connectivity index (χ1v) is 8.08. The Balaban J connectivity index is 1.82. The van der Waals surface area contributed by atoms with Crippen LogP contribution in [0.25, 0.3) is 0 Å². The molecule has 1 aliphatic heterocycles. The molecule has 1 unspecified atom stereocenters. The minimum atomic E-state index is -0.564. The van der Waals surface area contributed by atoms with E-state index in [1.165, 1.54) is 0 Å². The molecule has 1 amide bonds. The van der Waals surface area contributed by atoms with Gasteiger partial charge in [0.1, 0.15) is 0 Å². The van der Waals surface area contributed by atoms with Crippen LogP contribution < -0.4 is 11.1 Å². The molecule has 1 saturated heterocycles. The Bertz CT molecular complexity index is 391. The van der Waals surface area contributed by atoms with E-state index in [0.717, 1.165) is 38.9 Å². The molecule has 4 nitrogen and oxygen atoms in total. The van der Waals surface area contributed by atoms with Crippen molar-refractivity contribution in [3.63, 3.8) is 0 Å². The molecule has 0 aromatic carbocycles. The fourth-order valence-electron chi connectivity index (χ4n) is 3.53. The van der Waals surface area contributed by atoms with Crippen LogP contribution in [0.1, 0.15) is 40.0 Å². The highest BCUT2D eigenvalue weighted by molar-refractivity contribution is 7.80. The van der Waals surface area contributed by atoms with E-state index in [1.807, 2.05) is 0 Å². The van der Waals surface area contributed by atoms with Gasteiger partial charge >= 0.3 is 0 Å². The summed E-state index contributed by atoms with van der Waals surface area (Å²) in [6.07, 6.45) is 2.77. The van der Waals surface area contributed by atoms with Crippen LogP contribution in [-0.4, -0.2) is 41.5 Å². The second kappa shape index (κ2) is 5.98. The summed E-state index contributed by atoms with van der Waals surface area (Å²) in [6, 6.07) is 0.589. The average molecular weight is 297 g/mol. The van der Waals surface area contributed by atoms with Gasteiger partial charge in [0.05, 0.1) is 10.4 Å². The molecule has 1 aliphatic carbocycles. The molecule has 1 atom stereocenters. The summed E-state index contributed by atoms with van der Waals surface area (Å²) in [5.41, 5.74) is 5.24. The molecule has 20 heavy (non-hydrogen) atoms. The largest absolute Gasteiger partial charge is 0.392 e. The third-order valence-corrected chi connectivity index (χ3v) is 5.29. The number of nitrogens with zero attached hydrogens (tertiary/aromatic N) is 1. The first kappa shape index (κ1) is 15.7. The van der Waals surface area contributed by atoms with Gasteiger partial charge in [-0.3, -0.25) is 4.79 Å². The van der Waals surface area contributed by atoms with Crippen molar-refractivity contribution in [2.45, 2.75) is 46.1 Å². The lowest BCUT2D eigenvalue weighted by molar-refractivity contribution is -0.133. The number of carbonyl (C=O) groups is 1. The lowest BCUT2D eigenvalue weighted by Gasteiger charge is -2.44. The number of amides is 1. The number of carbonyl (C=O) groups excluding carboxylic acids is 1. The Hall–Kier alpha value is -0.680. The average Bonchev–Trinajstić information content (AvgIpc) is 2.80. The van der Waals surface area contributed by atoms with Crippen molar-refractivity contribution in [3.05, 3.63) is 0 Å². The van der Waals surface area contributed by atoms with Gasteiger partial charge in [0.2, 0.25) is 5.91 Å². The van der Waals surface area contributed by atoms with Crippen molar-refractivity contribution in [1.82, 2.24) is 10.2 Å². The molecule has 2 fully saturated rings. The van der Waals surface area contributed by atoms with E-state index in [-0.39, 0.29) is 5.91 Å². The molecule has 0 bridgehead atoms. The Morgan fingerprint density at radius 3 is 2.60 bits per heavy atom. The number of nitrogens with two attached hydrogens (primary N) is 1. The smallest absolute Gasteiger partial charge is 0.233 e. The molecule has 0 aromatic heterocycles. The Labute approximate surface area is 127 Å². The zero-order valence-electron chi connectivity index (χ0n) is 12.8. The van der Waals surface area contributed by atoms with Crippen LogP contribution >= 0.6 is 12.2 Å². The third kappa shape index (κ3) is 2.98. The van der Waals surface area contributed by atoms with Crippen LogP contribution in [0.15, 0.2) is 0 Å². The van der Waals surface area contributed by atoms with E-state index in [1.54, 1.807) is 0 Å². The SMILES string of the molecule is CC1CC(C(=O)NCC2CCN(C(C)C)C2)(C(N)=S)C1. The monoisotopic (exact) mass is 297 g/mol. The maximum absolute atomic E-state index is 12.4. The first-order chi connectivity index (χ1) is 9.35. The van der Waals surface area contributed by atoms with Crippen molar-refractivity contribution in [3.8, 4) is 0 Å². The fourth-order valence-corrected chi connectivity index (χ4v) is 3.79. The van der Waals surface area contributed by atoms with Crippen molar-refractivity contribution in [2.75, 3.05) is 19.6 Å². The Kier molecular flexibility index (Phi) is 4.69. The van der Waals surface area contributed by atoms with E-state index in [0.29, 0.717) is 22.9 Å². The summed E-state index contributed by atoms with van der Waals surface area (Å²) in [5.74, 6) is 1.15. The number of rotatable bonds is 5. The zero-order chi connectivity index (χ0) is 14.9. The van der Waals surface area contributed by atoms with Crippen LogP contribution in [0.4, 0.5) is 0 Å². The van der Waals surface area contributed by atoms with Gasteiger partial charge in [-0.05, 0) is 51.5 Å². The molecule has 1 heterocycles. The Morgan fingerprint density at radius 1 is 1.50 bits per heavy atom. The predicted octanol–water partition coefficient (Wildman–Crippen LogP) is 1.54. The summed E-state index contributed by atoms with van der Waals surface area (Å²) >= 11 is 5.12. The topological polar surface area (TPSA) is 58.4 Å². The van der Waals surface area contributed by atoms with Gasteiger partial charge in [0, 0.05) is 19.1 Å². The van der Waals surface area contributed by atoms with Crippen molar-refractivity contribution in [1.29, 1.82) is 0 Å². The maximum Gasteiger partial charge on any atom is 0.233 e. The van der Waals surface area contributed by atoms with E-state index >= 15 is 0 Å². The lowest BCUT2D eigenvalue weighted by Crippen LogP contribution is -2.56. The van der Waals surface area contributed by atoms with Crippen LogP contribution in [0.3, 0.4) is 0 Å². The van der Waals surface area contributed by atoms with Crippen molar-refractivity contribution < 1.29 is 4.79 Å². The summed E-state index contributed by atoms with van der Waals surface area (Å²) < 4.78 is 0. The Morgan fingerprint density at radius 2 is 2.15 bits per heavy atom. The van der Waals surface area contributed by atoms with Crippen LogP contribution in [0, 0.1) is 17.3 Å². The van der Waals surface area contributed by atoms with Gasteiger partial charge in [-0.25, -0.2) is 0 Å². The van der Waals surface area contributed by atoms with Crippen LogP contribution in [-0.2, 0) is 4.79 Å². The zero-order valence-corrected chi connectivity index (χ0v) is 13.6. The first-order valence-electron chi connectivity index (χ1n) is 7.67. The van der Waals surface area contributed by atoms with Gasteiger partial charge in [0.15, 0.2) is 0 Å². The molecule has 2 aliphatic rings. The molecule has 1 saturated carbocycles.